The Labute approximate surface area is 115 Å². The number of aliphatic carboxylic acids is 1. The number of carbonyl (C=O) groups excluding carboxylic acids is 1. The van der Waals surface area contributed by atoms with Gasteiger partial charge in [-0.2, -0.15) is 0 Å². The smallest absolute Gasteiger partial charge is 0.332 e. The monoisotopic (exact) mass is 283 g/mol. The van der Waals surface area contributed by atoms with Crippen LogP contribution in [-0.2, 0) is 9.53 Å². The third kappa shape index (κ3) is 3.45. The van der Waals surface area contributed by atoms with Gasteiger partial charge in [0.05, 0.1) is 16.7 Å². The van der Waals surface area contributed by atoms with Gasteiger partial charge in [0.2, 0.25) is 0 Å². The van der Waals surface area contributed by atoms with Crippen molar-refractivity contribution in [3.63, 3.8) is 0 Å². The van der Waals surface area contributed by atoms with Crippen LogP contribution in [0.15, 0.2) is 24.3 Å². The summed E-state index contributed by atoms with van der Waals surface area (Å²) in [5.74, 6) is -1.24. The Balaban J connectivity index is 1.85. The van der Waals surface area contributed by atoms with E-state index in [1.54, 1.807) is 24.3 Å². The first-order valence-electron chi connectivity index (χ1n) is 5.99. The lowest BCUT2D eigenvalue weighted by atomic mass is 10.2. The number of amides is 1. The van der Waals surface area contributed by atoms with E-state index in [2.05, 4.69) is 5.32 Å². The molecule has 0 bridgehead atoms. The molecule has 2 unspecified atom stereocenters. The van der Waals surface area contributed by atoms with Crippen LogP contribution in [0.2, 0.25) is 5.02 Å². The minimum absolute atomic E-state index is 0.257. The van der Waals surface area contributed by atoms with Crippen LogP contribution in [0.3, 0.4) is 0 Å². The van der Waals surface area contributed by atoms with Gasteiger partial charge < -0.3 is 15.2 Å². The second-order valence-corrected chi connectivity index (χ2v) is 4.76. The standard InChI is InChI=1S/C13H14ClNO4/c14-10-4-2-1-3-9(10)12(16)15-7-8-5-6-11(19-8)13(17)18/h1-4,8,11H,5-7H2,(H,15,16)(H,17,18). The number of nitrogens with one attached hydrogen (secondary N) is 1. The average molecular weight is 284 g/mol. The average Bonchev–Trinajstić information content (AvgIpc) is 2.85. The van der Waals surface area contributed by atoms with Crippen molar-refractivity contribution >= 4 is 23.5 Å². The predicted molar refractivity (Wildman–Crippen MR) is 69.3 cm³/mol. The summed E-state index contributed by atoms with van der Waals surface area (Å²) in [5, 5.41) is 11.9. The maximum absolute atomic E-state index is 11.9. The molecule has 1 aromatic rings. The number of carboxylic acid groups (broad SMARTS) is 1. The number of hydrogen-bond acceptors (Lipinski definition) is 3. The van der Waals surface area contributed by atoms with E-state index in [1.807, 2.05) is 0 Å². The predicted octanol–water partition coefficient (Wildman–Crippen LogP) is 1.70. The Morgan fingerprint density at radius 2 is 2.11 bits per heavy atom. The van der Waals surface area contributed by atoms with E-state index in [4.69, 9.17) is 21.4 Å². The van der Waals surface area contributed by atoms with Crippen molar-refractivity contribution in [1.29, 1.82) is 0 Å². The van der Waals surface area contributed by atoms with Gasteiger partial charge in [0, 0.05) is 6.54 Å². The van der Waals surface area contributed by atoms with E-state index in [0.717, 1.165) is 0 Å². The summed E-state index contributed by atoms with van der Waals surface area (Å²) < 4.78 is 5.29. The van der Waals surface area contributed by atoms with Gasteiger partial charge in [-0.1, -0.05) is 23.7 Å². The third-order valence-electron chi connectivity index (χ3n) is 2.99. The molecule has 102 valence electrons. The van der Waals surface area contributed by atoms with Crippen LogP contribution in [0.4, 0.5) is 0 Å². The van der Waals surface area contributed by atoms with Gasteiger partial charge in [-0.05, 0) is 25.0 Å². The second-order valence-electron chi connectivity index (χ2n) is 4.35. The largest absolute Gasteiger partial charge is 0.479 e. The van der Waals surface area contributed by atoms with Crippen molar-refractivity contribution in [1.82, 2.24) is 5.32 Å². The molecule has 1 heterocycles. The van der Waals surface area contributed by atoms with Gasteiger partial charge in [-0.25, -0.2) is 4.79 Å². The van der Waals surface area contributed by atoms with E-state index < -0.39 is 12.1 Å². The van der Waals surface area contributed by atoms with Crippen molar-refractivity contribution in [2.24, 2.45) is 0 Å². The van der Waals surface area contributed by atoms with Crippen LogP contribution in [0.1, 0.15) is 23.2 Å². The summed E-state index contributed by atoms with van der Waals surface area (Å²) >= 11 is 5.91. The molecule has 0 saturated carbocycles. The van der Waals surface area contributed by atoms with Crippen molar-refractivity contribution in [2.45, 2.75) is 25.0 Å². The number of hydrogen-bond donors (Lipinski definition) is 2. The van der Waals surface area contributed by atoms with Gasteiger partial charge in [0.15, 0.2) is 6.10 Å². The van der Waals surface area contributed by atoms with Crippen LogP contribution < -0.4 is 5.32 Å². The Hall–Kier alpha value is -1.59. The summed E-state index contributed by atoms with van der Waals surface area (Å²) in [6.07, 6.45) is 0.0802. The van der Waals surface area contributed by atoms with Crippen LogP contribution in [0.25, 0.3) is 0 Å². The van der Waals surface area contributed by atoms with Crippen molar-refractivity contribution < 1.29 is 19.4 Å². The fourth-order valence-electron chi connectivity index (χ4n) is 1.98. The fraction of sp³-hybridized carbons (Fsp3) is 0.385. The molecule has 1 aliphatic heterocycles. The maximum atomic E-state index is 11.9. The van der Waals surface area contributed by atoms with E-state index in [9.17, 15) is 9.59 Å². The van der Waals surface area contributed by atoms with E-state index in [1.165, 1.54) is 0 Å². The molecule has 1 saturated heterocycles. The van der Waals surface area contributed by atoms with Crippen molar-refractivity contribution in [2.75, 3.05) is 6.54 Å². The first-order valence-corrected chi connectivity index (χ1v) is 6.36. The number of ether oxygens (including phenoxy) is 1. The molecule has 1 aliphatic rings. The lowest BCUT2D eigenvalue weighted by Crippen LogP contribution is -2.33. The highest BCUT2D eigenvalue weighted by Gasteiger charge is 2.30. The molecule has 1 fully saturated rings. The number of carbonyl (C=O) groups is 2. The molecular weight excluding hydrogens is 270 g/mol. The highest BCUT2D eigenvalue weighted by Crippen LogP contribution is 2.20. The first kappa shape index (κ1) is 13.8. The molecule has 0 spiro atoms. The lowest BCUT2D eigenvalue weighted by Gasteiger charge is -2.12. The summed E-state index contributed by atoms with van der Waals surface area (Å²) in [6.45, 7) is 0.286. The van der Waals surface area contributed by atoms with Gasteiger partial charge >= 0.3 is 5.97 Å². The highest BCUT2D eigenvalue weighted by atomic mass is 35.5. The molecule has 6 heteroatoms. The summed E-state index contributed by atoms with van der Waals surface area (Å²) in [5.41, 5.74) is 0.400. The fourth-order valence-corrected chi connectivity index (χ4v) is 2.21. The quantitative estimate of drug-likeness (QED) is 0.882. The van der Waals surface area contributed by atoms with Gasteiger partial charge in [0.25, 0.3) is 5.91 Å². The molecule has 0 radical (unpaired) electrons. The number of benzene rings is 1. The lowest BCUT2D eigenvalue weighted by molar-refractivity contribution is -0.149. The van der Waals surface area contributed by atoms with E-state index in [0.29, 0.717) is 23.4 Å². The molecule has 2 rings (SSSR count). The summed E-state index contributed by atoms with van der Waals surface area (Å²) in [4.78, 5) is 22.6. The third-order valence-corrected chi connectivity index (χ3v) is 3.32. The second kappa shape index (κ2) is 6.04. The Kier molecular flexibility index (Phi) is 4.39. The zero-order valence-electron chi connectivity index (χ0n) is 10.1. The number of halogens is 1. The minimum Gasteiger partial charge on any atom is -0.479 e. The molecule has 1 aromatic carbocycles. The van der Waals surface area contributed by atoms with Gasteiger partial charge in [0.1, 0.15) is 0 Å². The summed E-state index contributed by atoms with van der Waals surface area (Å²) in [7, 11) is 0. The first-order chi connectivity index (χ1) is 9.08. The zero-order valence-corrected chi connectivity index (χ0v) is 10.9. The molecule has 19 heavy (non-hydrogen) atoms. The normalized spacial score (nSPS) is 22.2. The topological polar surface area (TPSA) is 75.6 Å². The van der Waals surface area contributed by atoms with Crippen LogP contribution in [-0.4, -0.2) is 35.7 Å². The highest BCUT2D eigenvalue weighted by molar-refractivity contribution is 6.33. The van der Waals surface area contributed by atoms with Crippen LogP contribution >= 0.6 is 11.6 Å². The Morgan fingerprint density at radius 1 is 1.37 bits per heavy atom. The van der Waals surface area contributed by atoms with E-state index >= 15 is 0 Å². The molecule has 1 amide bonds. The molecule has 0 aliphatic carbocycles. The number of carboxylic acids is 1. The SMILES string of the molecule is O=C(NCC1CCC(C(=O)O)O1)c1ccccc1Cl. The summed E-state index contributed by atoms with van der Waals surface area (Å²) in [6, 6.07) is 6.75. The van der Waals surface area contributed by atoms with Crippen molar-refractivity contribution in [3.05, 3.63) is 34.9 Å². The Bertz CT molecular complexity index is 491. The Morgan fingerprint density at radius 3 is 2.74 bits per heavy atom. The maximum Gasteiger partial charge on any atom is 0.332 e. The number of rotatable bonds is 4. The molecule has 2 N–H and O–H groups in total. The minimum atomic E-state index is -0.958. The van der Waals surface area contributed by atoms with Gasteiger partial charge in [-0.3, -0.25) is 4.79 Å². The molecule has 0 aromatic heterocycles. The molecular formula is C13H14ClNO4. The van der Waals surface area contributed by atoms with Crippen molar-refractivity contribution in [3.8, 4) is 0 Å². The zero-order chi connectivity index (χ0) is 13.8. The molecule has 5 nitrogen and oxygen atoms in total. The van der Waals surface area contributed by atoms with E-state index in [-0.39, 0.29) is 18.6 Å². The molecule has 2 atom stereocenters. The van der Waals surface area contributed by atoms with Crippen LogP contribution in [0.5, 0.6) is 0 Å². The van der Waals surface area contributed by atoms with Crippen LogP contribution in [0, 0.1) is 0 Å². The van der Waals surface area contributed by atoms with Gasteiger partial charge in [-0.15, -0.1) is 0 Å².